The SMILES string of the molecule is Cc1c2c(cc3c(C)c4cc(-c5cccc6nsnc56)[nH]c4cc13)CC(c1cccc3nsnc13)=C2. The van der Waals surface area contributed by atoms with Gasteiger partial charge in [0.05, 0.1) is 23.5 Å². The highest BCUT2D eigenvalue weighted by Gasteiger charge is 2.22. The van der Waals surface area contributed by atoms with Gasteiger partial charge in [0.1, 0.15) is 22.1 Å². The molecular weight excluding hydrogens is 482 g/mol. The minimum Gasteiger partial charge on any atom is -0.354 e. The monoisotopic (exact) mass is 501 g/mol. The molecular formula is C29H19N5S2. The number of fused-ring (bicyclic) bond motifs is 5. The van der Waals surface area contributed by atoms with Crippen LogP contribution in [-0.2, 0) is 6.42 Å². The van der Waals surface area contributed by atoms with E-state index < -0.39 is 0 Å². The summed E-state index contributed by atoms with van der Waals surface area (Å²) in [5.74, 6) is 0. The first-order valence-electron chi connectivity index (χ1n) is 11.9. The van der Waals surface area contributed by atoms with Crippen molar-refractivity contribution in [3.63, 3.8) is 0 Å². The maximum atomic E-state index is 4.57. The predicted octanol–water partition coefficient (Wildman–Crippen LogP) is 7.71. The fourth-order valence-corrected chi connectivity index (χ4v) is 6.88. The lowest BCUT2D eigenvalue weighted by Crippen LogP contribution is -1.92. The van der Waals surface area contributed by atoms with Crippen LogP contribution in [0.2, 0.25) is 0 Å². The zero-order chi connectivity index (χ0) is 24.0. The Morgan fingerprint density at radius 1 is 0.722 bits per heavy atom. The molecule has 8 rings (SSSR count). The van der Waals surface area contributed by atoms with Crippen LogP contribution >= 0.6 is 23.5 Å². The van der Waals surface area contributed by atoms with Gasteiger partial charge in [-0.25, -0.2) is 0 Å². The Hall–Kier alpha value is -3.94. The number of allylic oxidation sites excluding steroid dienone is 1. The van der Waals surface area contributed by atoms with E-state index in [9.17, 15) is 0 Å². The fourth-order valence-electron chi connectivity index (χ4n) is 5.78. The Labute approximate surface area is 214 Å². The highest BCUT2D eigenvalue weighted by Crippen LogP contribution is 2.41. The highest BCUT2D eigenvalue weighted by atomic mass is 32.1. The molecule has 7 aromatic rings. The number of aromatic nitrogens is 5. The van der Waals surface area contributed by atoms with Gasteiger partial charge in [-0.3, -0.25) is 0 Å². The van der Waals surface area contributed by atoms with Gasteiger partial charge in [-0.15, -0.1) is 0 Å². The molecule has 0 aliphatic heterocycles. The summed E-state index contributed by atoms with van der Waals surface area (Å²) in [6, 6.07) is 19.4. The largest absolute Gasteiger partial charge is 0.354 e. The van der Waals surface area contributed by atoms with Crippen LogP contribution in [-0.4, -0.2) is 22.5 Å². The summed E-state index contributed by atoms with van der Waals surface area (Å²) in [6.45, 7) is 4.49. The van der Waals surface area contributed by atoms with Gasteiger partial charge in [0.15, 0.2) is 0 Å². The lowest BCUT2D eigenvalue weighted by Gasteiger charge is -2.12. The molecule has 3 heterocycles. The van der Waals surface area contributed by atoms with Gasteiger partial charge in [0.2, 0.25) is 0 Å². The quantitative estimate of drug-likeness (QED) is 0.263. The Morgan fingerprint density at radius 3 is 2.19 bits per heavy atom. The number of H-pyrrole nitrogens is 1. The number of benzene rings is 4. The van der Waals surface area contributed by atoms with Crippen molar-refractivity contribution in [1.82, 2.24) is 22.5 Å². The Morgan fingerprint density at radius 2 is 1.42 bits per heavy atom. The standard InChI is InChI=1S/C29H19N5S2/c1-14-20-10-16(18-5-3-7-24-28(18)33-35-31-24)9-17(20)11-21-15(2)23-13-26(30-27(23)12-22(14)21)19-6-4-8-25-29(19)34-36-32-25/h3-8,10-13,30H,9H2,1-2H3. The molecule has 1 aliphatic carbocycles. The number of aromatic amines is 1. The molecule has 0 bridgehead atoms. The average Bonchev–Trinajstić information content (AvgIpc) is 3.69. The van der Waals surface area contributed by atoms with E-state index in [1.165, 1.54) is 73.0 Å². The minimum atomic E-state index is 0.914. The summed E-state index contributed by atoms with van der Waals surface area (Å²) in [6.07, 6.45) is 3.27. The number of aryl methyl sites for hydroxylation is 2. The van der Waals surface area contributed by atoms with Gasteiger partial charge in [0, 0.05) is 27.7 Å². The van der Waals surface area contributed by atoms with E-state index in [0.29, 0.717) is 0 Å². The lowest BCUT2D eigenvalue weighted by atomic mass is 9.92. The zero-order valence-electron chi connectivity index (χ0n) is 19.6. The minimum absolute atomic E-state index is 0.914. The van der Waals surface area contributed by atoms with Crippen molar-refractivity contribution in [2.75, 3.05) is 0 Å². The summed E-state index contributed by atoms with van der Waals surface area (Å²) in [7, 11) is 0. The van der Waals surface area contributed by atoms with Gasteiger partial charge in [-0.05, 0) is 89.2 Å². The van der Waals surface area contributed by atoms with Crippen LogP contribution in [0.1, 0.15) is 27.8 Å². The molecule has 0 unspecified atom stereocenters. The van der Waals surface area contributed by atoms with Crippen LogP contribution in [0.15, 0.2) is 54.6 Å². The molecule has 5 nitrogen and oxygen atoms in total. The summed E-state index contributed by atoms with van der Waals surface area (Å²) in [5, 5.41) is 3.87. The van der Waals surface area contributed by atoms with Gasteiger partial charge in [0.25, 0.3) is 0 Å². The maximum Gasteiger partial charge on any atom is 0.114 e. The topological polar surface area (TPSA) is 67.3 Å². The van der Waals surface area contributed by atoms with Crippen molar-refractivity contribution >= 4 is 78.8 Å². The number of nitrogens with zero attached hydrogens (tertiary/aromatic N) is 4. The van der Waals surface area contributed by atoms with Gasteiger partial charge < -0.3 is 4.98 Å². The average molecular weight is 502 g/mol. The molecule has 3 aromatic heterocycles. The number of nitrogens with one attached hydrogen (secondary N) is 1. The molecule has 1 N–H and O–H groups in total. The van der Waals surface area contributed by atoms with E-state index in [1.54, 1.807) is 0 Å². The van der Waals surface area contributed by atoms with Crippen molar-refractivity contribution in [2.45, 2.75) is 20.3 Å². The highest BCUT2D eigenvalue weighted by molar-refractivity contribution is 7.00. The molecule has 0 fully saturated rings. The molecule has 1 aliphatic rings. The lowest BCUT2D eigenvalue weighted by molar-refractivity contribution is 1.31. The molecule has 0 radical (unpaired) electrons. The van der Waals surface area contributed by atoms with E-state index in [1.807, 2.05) is 12.1 Å². The van der Waals surface area contributed by atoms with Crippen molar-refractivity contribution in [1.29, 1.82) is 0 Å². The third-order valence-corrected chi connectivity index (χ3v) is 8.70. The predicted molar refractivity (Wildman–Crippen MR) is 151 cm³/mol. The second kappa shape index (κ2) is 7.29. The number of hydrogen-bond donors (Lipinski definition) is 1. The molecule has 36 heavy (non-hydrogen) atoms. The van der Waals surface area contributed by atoms with E-state index in [2.05, 4.69) is 84.9 Å². The van der Waals surface area contributed by atoms with Crippen LogP contribution in [0.3, 0.4) is 0 Å². The summed E-state index contributed by atoms with van der Waals surface area (Å²) >= 11 is 2.54. The molecule has 0 amide bonds. The van der Waals surface area contributed by atoms with Crippen LogP contribution < -0.4 is 0 Å². The van der Waals surface area contributed by atoms with E-state index in [0.717, 1.165) is 45.3 Å². The maximum absolute atomic E-state index is 4.57. The summed E-state index contributed by atoms with van der Waals surface area (Å²) in [5.41, 5.74) is 15.1. The van der Waals surface area contributed by atoms with Crippen LogP contribution in [0.5, 0.6) is 0 Å². The van der Waals surface area contributed by atoms with Crippen molar-refractivity contribution < 1.29 is 0 Å². The molecule has 0 saturated carbocycles. The molecule has 0 atom stereocenters. The molecule has 0 saturated heterocycles. The van der Waals surface area contributed by atoms with Crippen molar-refractivity contribution in [2.24, 2.45) is 0 Å². The van der Waals surface area contributed by atoms with Gasteiger partial charge >= 0.3 is 0 Å². The van der Waals surface area contributed by atoms with Crippen LogP contribution in [0.4, 0.5) is 0 Å². The van der Waals surface area contributed by atoms with E-state index in [4.69, 9.17) is 0 Å². The Balaban J connectivity index is 1.31. The Kier molecular flexibility index (Phi) is 4.10. The fraction of sp³-hybridized carbons (Fsp3) is 0.103. The van der Waals surface area contributed by atoms with E-state index in [-0.39, 0.29) is 0 Å². The van der Waals surface area contributed by atoms with Crippen LogP contribution in [0, 0.1) is 13.8 Å². The summed E-state index contributed by atoms with van der Waals surface area (Å²) in [4.78, 5) is 3.68. The number of rotatable bonds is 2. The second-order valence-electron chi connectivity index (χ2n) is 9.54. The normalized spacial score (nSPS) is 13.3. The first kappa shape index (κ1) is 20.3. The summed E-state index contributed by atoms with van der Waals surface area (Å²) < 4.78 is 18.0. The molecule has 0 spiro atoms. The van der Waals surface area contributed by atoms with Gasteiger partial charge in [-0.2, -0.15) is 17.5 Å². The smallest absolute Gasteiger partial charge is 0.114 e. The van der Waals surface area contributed by atoms with Crippen LogP contribution in [0.25, 0.3) is 66.6 Å². The third-order valence-electron chi connectivity index (χ3n) is 7.62. The van der Waals surface area contributed by atoms with Crippen molar-refractivity contribution in [3.8, 4) is 11.3 Å². The van der Waals surface area contributed by atoms with E-state index >= 15 is 0 Å². The van der Waals surface area contributed by atoms with Crippen molar-refractivity contribution in [3.05, 3.63) is 82.4 Å². The molecule has 4 aromatic carbocycles. The first-order chi connectivity index (χ1) is 17.7. The number of hydrogen-bond acceptors (Lipinski definition) is 6. The molecule has 172 valence electrons. The Bertz CT molecular complexity index is 2060. The first-order valence-corrected chi connectivity index (χ1v) is 13.3. The van der Waals surface area contributed by atoms with Gasteiger partial charge in [-0.1, -0.05) is 30.3 Å². The third kappa shape index (κ3) is 2.75. The molecule has 7 heteroatoms. The zero-order valence-corrected chi connectivity index (χ0v) is 21.2. The second-order valence-corrected chi connectivity index (χ2v) is 10.6.